The summed E-state index contributed by atoms with van der Waals surface area (Å²) in [4.78, 5) is 34.0. The van der Waals surface area contributed by atoms with Gasteiger partial charge in [0.2, 0.25) is 0 Å². The van der Waals surface area contributed by atoms with Gasteiger partial charge in [0.1, 0.15) is 8.96 Å². The molecule has 1 heterocycles. The molecule has 0 aromatic rings. The summed E-state index contributed by atoms with van der Waals surface area (Å²) in [6, 6.07) is 0. The number of hydrogen-bond acceptors (Lipinski definition) is 3. The number of halogens is 3. The average Bonchev–Trinajstić information content (AvgIpc) is 2.30. The van der Waals surface area contributed by atoms with Gasteiger partial charge in [0.25, 0.3) is 11.8 Å². The van der Waals surface area contributed by atoms with Gasteiger partial charge in [0, 0.05) is 0 Å². The predicted molar refractivity (Wildman–Crippen MR) is 62.2 cm³/mol. The molecule has 1 atom stereocenters. The fraction of sp³-hybridized carbons (Fsp3) is 0.167. The Balaban J connectivity index is 3.04. The van der Waals surface area contributed by atoms with E-state index in [4.69, 9.17) is 5.11 Å². The summed E-state index contributed by atoms with van der Waals surface area (Å²) in [5.41, 5.74) is 0. The summed E-state index contributed by atoms with van der Waals surface area (Å²) in [7, 11) is 0. The summed E-state index contributed by atoms with van der Waals surface area (Å²) < 4.78 is -1.11. The van der Waals surface area contributed by atoms with Gasteiger partial charge in [0.05, 0.1) is 0 Å². The summed E-state index contributed by atoms with van der Waals surface area (Å²) >= 11 is 7.28. The second-order valence-electron chi connectivity index (χ2n) is 2.28. The van der Waals surface area contributed by atoms with E-state index < -0.39 is 21.8 Å². The molecule has 0 radical (unpaired) electrons. The van der Waals surface area contributed by atoms with E-state index in [0.717, 1.165) is 0 Å². The van der Waals surface area contributed by atoms with Crippen molar-refractivity contribution >= 4 is 72.2 Å². The van der Waals surface area contributed by atoms with Gasteiger partial charge < -0.3 is 5.11 Å². The van der Waals surface area contributed by atoms with E-state index in [1.54, 1.807) is 0 Å². The molecule has 0 spiro atoms. The zero-order chi connectivity index (χ0) is 11.0. The lowest BCUT2D eigenvalue weighted by atomic mass is 10.5. The molecule has 0 bridgehead atoms. The second-order valence-corrected chi connectivity index (χ2v) is 5.05. The number of alkyl halides is 1. The topological polar surface area (TPSA) is 74.7 Å². The molecule has 5 nitrogen and oxygen atoms in total. The van der Waals surface area contributed by atoms with E-state index in [1.165, 1.54) is 22.6 Å². The summed E-state index contributed by atoms with van der Waals surface area (Å²) in [6.45, 7) is 0. The molecule has 1 unspecified atom stereocenters. The number of carbonyl (C=O) groups excluding carboxylic acids is 2. The normalized spacial score (nSPS) is 19.2. The maximum absolute atomic E-state index is 11.4. The van der Waals surface area contributed by atoms with E-state index in [1.807, 2.05) is 0 Å². The van der Waals surface area contributed by atoms with E-state index in [0.29, 0.717) is 4.90 Å². The van der Waals surface area contributed by atoms with Crippen LogP contribution in [0.1, 0.15) is 0 Å². The average molecular weight is 439 g/mol. The quantitative estimate of drug-likeness (QED) is 0.304. The Kier molecular flexibility index (Phi) is 3.69. The van der Waals surface area contributed by atoms with Crippen LogP contribution in [0, 0.1) is 0 Å². The van der Waals surface area contributed by atoms with Crippen LogP contribution < -0.4 is 0 Å². The van der Waals surface area contributed by atoms with E-state index in [9.17, 15) is 14.4 Å². The Morgan fingerprint density at radius 1 is 1.29 bits per heavy atom. The maximum atomic E-state index is 11.4. The van der Waals surface area contributed by atoms with Crippen molar-refractivity contribution in [3.05, 3.63) is 8.96 Å². The highest BCUT2D eigenvalue weighted by atomic mass is 127. The summed E-state index contributed by atoms with van der Waals surface area (Å²) in [5.74, 6) is -2.54. The Bertz CT molecular complexity index is 343. The smallest absolute Gasteiger partial charge is 0.337 e. The van der Waals surface area contributed by atoms with Crippen molar-refractivity contribution in [3.8, 4) is 0 Å². The lowest BCUT2D eigenvalue weighted by Gasteiger charge is -2.16. The Hall–Kier alpha value is 0.0400. The standard InChI is InChI=1S/C6H2Br2INO4/c7-1-2(8)5(12)10(4(1)11)3(9)6(13)14/h3H,(H,13,14). The molecule has 0 aliphatic carbocycles. The highest BCUT2D eigenvalue weighted by Crippen LogP contribution is 2.32. The molecule has 0 saturated carbocycles. The first-order valence-electron chi connectivity index (χ1n) is 3.18. The van der Waals surface area contributed by atoms with E-state index >= 15 is 0 Å². The van der Waals surface area contributed by atoms with Crippen molar-refractivity contribution in [1.82, 2.24) is 4.90 Å². The Morgan fingerprint density at radius 3 is 1.93 bits per heavy atom. The molecule has 76 valence electrons. The van der Waals surface area contributed by atoms with Gasteiger partial charge in [-0.25, -0.2) is 9.69 Å². The van der Waals surface area contributed by atoms with Crippen molar-refractivity contribution < 1.29 is 19.5 Å². The molecule has 1 aliphatic heterocycles. The third-order valence-corrected chi connectivity index (χ3v) is 4.53. The van der Waals surface area contributed by atoms with Gasteiger partial charge >= 0.3 is 5.97 Å². The maximum Gasteiger partial charge on any atom is 0.337 e. The van der Waals surface area contributed by atoms with Gasteiger partial charge in [-0.3, -0.25) is 9.59 Å². The Morgan fingerprint density at radius 2 is 1.64 bits per heavy atom. The fourth-order valence-electron chi connectivity index (χ4n) is 0.808. The fourth-order valence-corrected chi connectivity index (χ4v) is 2.04. The van der Waals surface area contributed by atoms with Crippen LogP contribution in [0.2, 0.25) is 0 Å². The molecule has 0 saturated heterocycles. The molecule has 8 heteroatoms. The van der Waals surface area contributed by atoms with Crippen molar-refractivity contribution in [1.29, 1.82) is 0 Å². The summed E-state index contributed by atoms with van der Waals surface area (Å²) in [5, 5.41) is 8.65. The highest BCUT2D eigenvalue weighted by molar-refractivity contribution is 14.1. The van der Waals surface area contributed by atoms with Crippen molar-refractivity contribution in [2.45, 2.75) is 4.05 Å². The molecular formula is C6H2Br2INO4. The number of hydrogen-bond donors (Lipinski definition) is 1. The molecular weight excluding hydrogens is 437 g/mol. The third kappa shape index (κ3) is 1.87. The minimum absolute atomic E-state index is 0.0467. The zero-order valence-electron chi connectivity index (χ0n) is 6.33. The van der Waals surface area contributed by atoms with Crippen LogP contribution in [0.15, 0.2) is 8.96 Å². The number of carbonyl (C=O) groups is 3. The second kappa shape index (κ2) is 4.27. The highest BCUT2D eigenvalue weighted by Gasteiger charge is 2.42. The third-order valence-electron chi connectivity index (χ3n) is 1.44. The van der Waals surface area contributed by atoms with Gasteiger partial charge in [-0.15, -0.1) is 0 Å². The molecule has 0 fully saturated rings. The van der Waals surface area contributed by atoms with Gasteiger partial charge in [-0.1, -0.05) is 0 Å². The molecule has 0 aromatic heterocycles. The largest absolute Gasteiger partial charge is 0.479 e. The van der Waals surface area contributed by atoms with Crippen LogP contribution in [0.5, 0.6) is 0 Å². The lowest BCUT2D eigenvalue weighted by molar-refractivity contribution is -0.148. The SMILES string of the molecule is O=C(O)C(I)N1C(=O)C(Br)=C(Br)C1=O. The van der Waals surface area contributed by atoms with Gasteiger partial charge in [-0.2, -0.15) is 0 Å². The van der Waals surface area contributed by atoms with Crippen LogP contribution in [0.3, 0.4) is 0 Å². The number of rotatable bonds is 2. The minimum atomic E-state index is -1.24. The number of imide groups is 1. The number of carboxylic acids is 1. The monoisotopic (exact) mass is 437 g/mol. The molecule has 1 rings (SSSR count). The number of carboxylic acid groups (broad SMARTS) is 1. The van der Waals surface area contributed by atoms with Gasteiger partial charge in [-0.05, 0) is 54.5 Å². The summed E-state index contributed by atoms with van der Waals surface area (Å²) in [6.07, 6.45) is 0. The zero-order valence-corrected chi connectivity index (χ0v) is 11.7. The van der Waals surface area contributed by atoms with Crippen LogP contribution in [0.25, 0.3) is 0 Å². The van der Waals surface area contributed by atoms with E-state index in [2.05, 4.69) is 31.9 Å². The molecule has 0 aromatic carbocycles. The predicted octanol–water partition coefficient (Wildman–Crippen LogP) is 1.20. The molecule has 2 amide bonds. The van der Waals surface area contributed by atoms with Crippen molar-refractivity contribution in [2.75, 3.05) is 0 Å². The number of nitrogens with zero attached hydrogens (tertiary/aromatic N) is 1. The van der Waals surface area contributed by atoms with Crippen molar-refractivity contribution in [2.24, 2.45) is 0 Å². The van der Waals surface area contributed by atoms with Crippen LogP contribution in [0.4, 0.5) is 0 Å². The molecule has 14 heavy (non-hydrogen) atoms. The van der Waals surface area contributed by atoms with Crippen LogP contribution in [-0.4, -0.2) is 31.8 Å². The molecule has 1 aliphatic rings. The lowest BCUT2D eigenvalue weighted by Crippen LogP contribution is -2.41. The number of aliphatic carboxylic acids is 1. The van der Waals surface area contributed by atoms with Crippen LogP contribution >= 0.6 is 54.5 Å². The first-order chi connectivity index (χ1) is 6.37. The minimum Gasteiger partial charge on any atom is -0.479 e. The first-order valence-corrected chi connectivity index (χ1v) is 6.01. The molecule has 1 N–H and O–H groups in total. The van der Waals surface area contributed by atoms with E-state index in [-0.39, 0.29) is 8.96 Å². The van der Waals surface area contributed by atoms with Crippen molar-refractivity contribution in [3.63, 3.8) is 0 Å². The first kappa shape index (κ1) is 12.1. The Labute approximate surface area is 109 Å². The van der Waals surface area contributed by atoms with Gasteiger partial charge in [0.15, 0.2) is 4.05 Å². The van der Waals surface area contributed by atoms with Crippen LogP contribution in [-0.2, 0) is 14.4 Å². The number of amides is 2.